The van der Waals surface area contributed by atoms with E-state index in [1.165, 1.54) is 25.3 Å². The molecule has 1 aromatic heterocycles. The molecule has 0 spiro atoms. The van der Waals surface area contributed by atoms with Gasteiger partial charge in [-0.25, -0.2) is 0 Å². The summed E-state index contributed by atoms with van der Waals surface area (Å²) in [6.45, 7) is 0.748. The fourth-order valence-electron chi connectivity index (χ4n) is 2.54. The van der Waals surface area contributed by atoms with Crippen LogP contribution in [0.3, 0.4) is 0 Å². The zero-order valence-electron chi connectivity index (χ0n) is 10.4. The molecule has 1 fully saturated rings. The Hall–Kier alpha value is -1.52. The monoisotopic (exact) mass is 278 g/mol. The SMILES string of the molecule is O=c1cc(Cl)c2cc(NO)ccc2n1CC1CCC1. The standard InChI is InChI=1S/C14H15ClN2O2/c15-12-7-14(18)17(8-9-2-1-3-9)13-5-4-10(16-19)6-11(12)13/h4-7,9,16,19H,1-3,8H2. The summed E-state index contributed by atoms with van der Waals surface area (Å²) in [5.74, 6) is 0.595. The smallest absolute Gasteiger partial charge is 0.252 e. The Kier molecular flexibility index (Phi) is 3.21. The molecular formula is C14H15ClN2O2. The number of hydrogen-bond acceptors (Lipinski definition) is 3. The minimum Gasteiger partial charge on any atom is -0.308 e. The summed E-state index contributed by atoms with van der Waals surface area (Å²) in [7, 11) is 0. The van der Waals surface area contributed by atoms with Crippen LogP contribution in [0, 0.1) is 5.92 Å². The van der Waals surface area contributed by atoms with Gasteiger partial charge in [-0.2, -0.15) is 0 Å². The summed E-state index contributed by atoms with van der Waals surface area (Å²) in [5, 5.41) is 10.1. The Bertz CT molecular complexity index is 677. The van der Waals surface area contributed by atoms with Gasteiger partial charge in [0.2, 0.25) is 0 Å². The summed E-state index contributed by atoms with van der Waals surface area (Å²) < 4.78 is 1.78. The Morgan fingerprint density at radius 3 is 2.79 bits per heavy atom. The van der Waals surface area contributed by atoms with Crippen LogP contribution in [0.25, 0.3) is 10.9 Å². The lowest BCUT2D eigenvalue weighted by molar-refractivity contribution is 0.277. The van der Waals surface area contributed by atoms with Gasteiger partial charge in [0, 0.05) is 18.0 Å². The molecule has 1 heterocycles. The predicted octanol–water partition coefficient (Wildman–Crippen LogP) is 3.26. The lowest BCUT2D eigenvalue weighted by Crippen LogP contribution is -2.27. The lowest BCUT2D eigenvalue weighted by Gasteiger charge is -2.26. The molecule has 4 nitrogen and oxygen atoms in total. The van der Waals surface area contributed by atoms with E-state index in [9.17, 15) is 4.79 Å². The Morgan fingerprint density at radius 2 is 2.16 bits per heavy atom. The van der Waals surface area contributed by atoms with Crippen molar-refractivity contribution in [3.63, 3.8) is 0 Å². The van der Waals surface area contributed by atoms with Gasteiger partial charge in [-0.1, -0.05) is 18.0 Å². The maximum Gasteiger partial charge on any atom is 0.252 e. The van der Waals surface area contributed by atoms with Gasteiger partial charge in [-0.3, -0.25) is 15.5 Å². The minimum absolute atomic E-state index is 0.0610. The molecule has 19 heavy (non-hydrogen) atoms. The fraction of sp³-hybridized carbons (Fsp3) is 0.357. The first-order valence-corrected chi connectivity index (χ1v) is 6.80. The fourth-order valence-corrected chi connectivity index (χ4v) is 2.78. The summed E-state index contributed by atoms with van der Waals surface area (Å²) in [5.41, 5.74) is 3.42. The number of hydrogen-bond donors (Lipinski definition) is 2. The highest BCUT2D eigenvalue weighted by Crippen LogP contribution is 2.30. The van der Waals surface area contributed by atoms with E-state index in [4.69, 9.17) is 16.8 Å². The third kappa shape index (κ3) is 2.22. The average molecular weight is 279 g/mol. The van der Waals surface area contributed by atoms with Crippen molar-refractivity contribution in [3.05, 3.63) is 39.6 Å². The van der Waals surface area contributed by atoms with Gasteiger partial charge in [-0.05, 0) is 37.0 Å². The van der Waals surface area contributed by atoms with Crippen molar-refractivity contribution in [2.75, 3.05) is 5.48 Å². The van der Waals surface area contributed by atoms with E-state index < -0.39 is 0 Å². The van der Waals surface area contributed by atoms with Gasteiger partial charge in [0.05, 0.1) is 16.2 Å². The molecule has 1 aliphatic carbocycles. The molecule has 1 aromatic carbocycles. The van der Waals surface area contributed by atoms with Crippen LogP contribution >= 0.6 is 11.6 Å². The minimum atomic E-state index is -0.0610. The molecule has 0 bridgehead atoms. The predicted molar refractivity (Wildman–Crippen MR) is 76.0 cm³/mol. The highest BCUT2D eigenvalue weighted by Gasteiger charge is 2.19. The van der Waals surface area contributed by atoms with E-state index in [0.29, 0.717) is 16.6 Å². The third-order valence-electron chi connectivity index (χ3n) is 3.86. The normalized spacial score (nSPS) is 15.5. The molecule has 100 valence electrons. The Morgan fingerprint density at radius 1 is 1.37 bits per heavy atom. The van der Waals surface area contributed by atoms with Crippen molar-refractivity contribution < 1.29 is 5.21 Å². The molecule has 1 aliphatic rings. The quantitative estimate of drug-likeness (QED) is 0.848. The summed E-state index contributed by atoms with van der Waals surface area (Å²) in [6, 6.07) is 6.74. The first-order valence-electron chi connectivity index (χ1n) is 6.42. The number of nitrogens with zero attached hydrogens (tertiary/aromatic N) is 1. The molecule has 0 unspecified atom stereocenters. The van der Waals surface area contributed by atoms with Crippen molar-refractivity contribution in [3.8, 4) is 0 Å². The van der Waals surface area contributed by atoms with Crippen LogP contribution in [-0.4, -0.2) is 9.77 Å². The number of fused-ring (bicyclic) bond motifs is 1. The summed E-state index contributed by atoms with van der Waals surface area (Å²) in [6.07, 6.45) is 3.63. The largest absolute Gasteiger partial charge is 0.308 e. The molecule has 0 saturated heterocycles. The van der Waals surface area contributed by atoms with Gasteiger partial charge < -0.3 is 4.57 Å². The van der Waals surface area contributed by atoms with Crippen molar-refractivity contribution >= 4 is 28.2 Å². The van der Waals surface area contributed by atoms with Gasteiger partial charge in [0.15, 0.2) is 0 Å². The van der Waals surface area contributed by atoms with Crippen molar-refractivity contribution in [2.24, 2.45) is 5.92 Å². The molecule has 0 atom stereocenters. The second-order valence-electron chi connectivity index (χ2n) is 5.08. The molecule has 2 aromatic rings. The van der Waals surface area contributed by atoms with Gasteiger partial charge in [-0.15, -0.1) is 0 Å². The Labute approximate surface area is 115 Å². The van der Waals surface area contributed by atoms with Gasteiger partial charge >= 0.3 is 0 Å². The van der Waals surface area contributed by atoms with Crippen LogP contribution in [0.15, 0.2) is 29.1 Å². The van der Waals surface area contributed by atoms with Crippen LogP contribution in [0.4, 0.5) is 5.69 Å². The molecule has 3 rings (SSSR count). The van der Waals surface area contributed by atoms with Crippen molar-refractivity contribution in [2.45, 2.75) is 25.8 Å². The van der Waals surface area contributed by atoms with E-state index >= 15 is 0 Å². The van der Waals surface area contributed by atoms with Crippen molar-refractivity contribution in [1.82, 2.24) is 4.57 Å². The third-order valence-corrected chi connectivity index (χ3v) is 4.17. The summed E-state index contributed by atoms with van der Waals surface area (Å²) >= 11 is 6.12. The molecule has 0 aliphatic heterocycles. The maximum absolute atomic E-state index is 12.1. The van der Waals surface area contributed by atoms with E-state index in [1.54, 1.807) is 16.7 Å². The van der Waals surface area contributed by atoms with Crippen LogP contribution in [-0.2, 0) is 6.54 Å². The second-order valence-corrected chi connectivity index (χ2v) is 5.49. The average Bonchev–Trinajstić information content (AvgIpc) is 2.36. The van der Waals surface area contributed by atoms with E-state index in [0.717, 1.165) is 17.4 Å². The van der Waals surface area contributed by atoms with Crippen LogP contribution in [0.2, 0.25) is 5.02 Å². The van der Waals surface area contributed by atoms with E-state index in [-0.39, 0.29) is 5.56 Å². The van der Waals surface area contributed by atoms with Crippen LogP contribution in [0.1, 0.15) is 19.3 Å². The molecule has 0 radical (unpaired) electrons. The molecular weight excluding hydrogens is 264 g/mol. The molecule has 5 heteroatoms. The Balaban J connectivity index is 2.16. The topological polar surface area (TPSA) is 54.3 Å². The zero-order valence-corrected chi connectivity index (χ0v) is 11.2. The number of benzene rings is 1. The number of rotatable bonds is 3. The molecule has 2 N–H and O–H groups in total. The van der Waals surface area contributed by atoms with E-state index in [1.807, 2.05) is 6.07 Å². The second kappa shape index (κ2) is 4.87. The highest BCUT2D eigenvalue weighted by molar-refractivity contribution is 6.35. The first kappa shape index (κ1) is 12.5. The number of nitrogens with one attached hydrogen (secondary N) is 1. The highest BCUT2D eigenvalue weighted by atomic mass is 35.5. The lowest BCUT2D eigenvalue weighted by atomic mass is 9.85. The van der Waals surface area contributed by atoms with Gasteiger partial charge in [0.25, 0.3) is 5.56 Å². The number of pyridine rings is 1. The van der Waals surface area contributed by atoms with Crippen LogP contribution < -0.4 is 11.0 Å². The molecule has 1 saturated carbocycles. The zero-order chi connectivity index (χ0) is 13.4. The van der Waals surface area contributed by atoms with E-state index in [2.05, 4.69) is 5.48 Å². The number of anilines is 1. The van der Waals surface area contributed by atoms with Crippen molar-refractivity contribution in [1.29, 1.82) is 0 Å². The van der Waals surface area contributed by atoms with Crippen LogP contribution in [0.5, 0.6) is 0 Å². The first-order chi connectivity index (χ1) is 9.19. The maximum atomic E-state index is 12.1. The summed E-state index contributed by atoms with van der Waals surface area (Å²) in [4.78, 5) is 12.1. The number of halogens is 1. The number of aromatic nitrogens is 1. The molecule has 0 amide bonds. The van der Waals surface area contributed by atoms with Gasteiger partial charge in [0.1, 0.15) is 0 Å².